The van der Waals surface area contributed by atoms with Crippen molar-refractivity contribution in [3.63, 3.8) is 0 Å². The highest BCUT2D eigenvalue weighted by Crippen LogP contribution is 2.33. The van der Waals surface area contributed by atoms with Crippen LogP contribution in [-0.2, 0) is 22.1 Å². The molecule has 0 spiro atoms. The zero-order valence-electron chi connectivity index (χ0n) is 22.9. The minimum absolute atomic E-state index is 0.299. The predicted molar refractivity (Wildman–Crippen MR) is 152 cm³/mol. The van der Waals surface area contributed by atoms with Crippen LogP contribution in [0.15, 0.2) is 30.3 Å². The normalized spacial score (nSPS) is 24.4. The number of aryl methyl sites for hydroxylation is 1. The van der Waals surface area contributed by atoms with Gasteiger partial charge in [0, 0.05) is 43.9 Å². The van der Waals surface area contributed by atoms with Gasteiger partial charge in [-0.2, -0.15) is 0 Å². The molecule has 11 heteroatoms. The molecule has 4 heterocycles. The smallest absolute Gasteiger partial charge is 0.296 e. The summed E-state index contributed by atoms with van der Waals surface area (Å²) in [5.74, 6) is 3.11. The number of para-hydroxylation sites is 2. The quantitative estimate of drug-likeness (QED) is 0.327. The van der Waals surface area contributed by atoms with E-state index in [4.69, 9.17) is 14.7 Å². The topological polar surface area (TPSA) is 76.4 Å². The molecule has 1 atom stereocenters. The third-order valence-corrected chi connectivity index (χ3v) is 10.2. The number of alkyl halides is 2. The number of morpholine rings is 1. The molecule has 3 aliphatic rings. The lowest BCUT2D eigenvalue weighted by atomic mass is 9.83. The number of ether oxygens (including phenoxy) is 1. The molecule has 216 valence electrons. The van der Waals surface area contributed by atoms with Crippen LogP contribution >= 0.6 is 0 Å². The van der Waals surface area contributed by atoms with E-state index < -0.39 is 17.4 Å². The molecule has 1 aromatic carbocycles. The van der Waals surface area contributed by atoms with Gasteiger partial charge in [-0.25, -0.2) is 32.2 Å². The minimum atomic E-state index is -2.72. The van der Waals surface area contributed by atoms with Gasteiger partial charge in [0.25, 0.3) is 6.43 Å². The summed E-state index contributed by atoms with van der Waals surface area (Å²) in [6.45, 7) is 3.62. The molecule has 3 aromatic rings. The number of halogens is 2. The first kappa shape index (κ1) is 27.7. The van der Waals surface area contributed by atoms with Gasteiger partial charge in [0.15, 0.2) is 5.82 Å². The average molecular weight is 573 g/mol. The number of unbranched alkanes of at least 4 members (excludes halogenated alkanes) is 1. The number of anilines is 1. The molecule has 1 saturated carbocycles. The van der Waals surface area contributed by atoms with Crippen LogP contribution in [0, 0.1) is 5.92 Å². The average Bonchev–Trinajstić information content (AvgIpc) is 3.60. The van der Waals surface area contributed by atoms with Gasteiger partial charge in [0.2, 0.25) is 0 Å². The Morgan fingerprint density at radius 1 is 0.975 bits per heavy atom. The van der Waals surface area contributed by atoms with Gasteiger partial charge >= 0.3 is 0 Å². The summed E-state index contributed by atoms with van der Waals surface area (Å²) in [4.78, 5) is 16.0. The Bertz CT molecular complexity index is 1320. The second kappa shape index (κ2) is 12.6. The van der Waals surface area contributed by atoms with E-state index in [1.54, 1.807) is 24.3 Å². The summed E-state index contributed by atoms with van der Waals surface area (Å²) in [6, 6.07) is 9.49. The summed E-state index contributed by atoms with van der Waals surface area (Å²) in [5, 5.41) is 0. The Balaban J connectivity index is 1.15. The number of fused-ring (bicyclic) bond motifs is 1. The van der Waals surface area contributed by atoms with Crippen molar-refractivity contribution in [2.75, 3.05) is 43.5 Å². The fraction of sp³-hybridized carbons (Fsp3) is 0.621. The van der Waals surface area contributed by atoms with Gasteiger partial charge in [-0.3, -0.25) is 4.57 Å². The second-order valence-corrected chi connectivity index (χ2v) is 12.7. The monoisotopic (exact) mass is 572 g/mol. The molecule has 1 unspecified atom stereocenters. The standard InChI is InChI=1S/C29H38F2N6O2S/c30-28(31)29-32-23-7-2-3-8-24(23)37(29)27-20-26(35-15-17-39-18-16-35)33-25(34-27)9-4-1-6-21-10-12-22(13-11-21)36-14-5-19-40(36)38/h2-3,7-8,20-22,28H,1,4-6,9-19H2. The number of imidazole rings is 1. The summed E-state index contributed by atoms with van der Waals surface area (Å²) in [7, 11) is -0.765. The van der Waals surface area contributed by atoms with Crippen LogP contribution in [0.5, 0.6) is 0 Å². The van der Waals surface area contributed by atoms with Crippen LogP contribution in [0.1, 0.15) is 69.4 Å². The van der Waals surface area contributed by atoms with Crippen molar-refractivity contribution in [2.24, 2.45) is 5.92 Å². The number of rotatable bonds is 9. The largest absolute Gasteiger partial charge is 0.378 e. The van der Waals surface area contributed by atoms with E-state index in [9.17, 15) is 13.0 Å². The minimum Gasteiger partial charge on any atom is -0.378 e. The Morgan fingerprint density at radius 3 is 2.50 bits per heavy atom. The van der Waals surface area contributed by atoms with Gasteiger partial charge in [0.1, 0.15) is 17.5 Å². The molecule has 2 aliphatic heterocycles. The van der Waals surface area contributed by atoms with Gasteiger partial charge in [0.05, 0.1) is 35.2 Å². The van der Waals surface area contributed by atoms with Gasteiger partial charge in [-0.1, -0.05) is 25.0 Å². The first-order valence-electron chi connectivity index (χ1n) is 14.7. The molecule has 1 aliphatic carbocycles. The maximum Gasteiger partial charge on any atom is 0.296 e. The number of aromatic nitrogens is 4. The van der Waals surface area contributed by atoms with Crippen LogP contribution in [0.4, 0.5) is 14.6 Å². The summed E-state index contributed by atoms with van der Waals surface area (Å²) in [5.41, 5.74) is 1.14. The first-order chi connectivity index (χ1) is 19.6. The maximum absolute atomic E-state index is 14.1. The molecule has 3 fully saturated rings. The summed E-state index contributed by atoms with van der Waals surface area (Å²) in [6.07, 6.45) is 6.95. The lowest BCUT2D eigenvalue weighted by Gasteiger charge is -2.33. The fourth-order valence-electron chi connectivity index (χ4n) is 6.43. The lowest BCUT2D eigenvalue weighted by Crippen LogP contribution is -2.37. The van der Waals surface area contributed by atoms with Crippen LogP contribution in [0.3, 0.4) is 0 Å². The molecular weight excluding hydrogens is 534 g/mol. The molecule has 0 radical (unpaired) electrons. The van der Waals surface area contributed by atoms with Gasteiger partial charge in [-0.05, 0) is 56.6 Å². The molecule has 0 amide bonds. The maximum atomic E-state index is 14.1. The van der Waals surface area contributed by atoms with E-state index in [-0.39, 0.29) is 5.82 Å². The van der Waals surface area contributed by atoms with Crippen LogP contribution in [-0.4, -0.2) is 72.7 Å². The van der Waals surface area contributed by atoms with E-state index in [2.05, 4.69) is 14.2 Å². The third-order valence-electron chi connectivity index (χ3n) is 8.54. The number of hydrogen-bond acceptors (Lipinski definition) is 6. The van der Waals surface area contributed by atoms with E-state index in [0.717, 1.165) is 56.1 Å². The van der Waals surface area contributed by atoms with Crippen LogP contribution in [0.2, 0.25) is 0 Å². The molecule has 8 nitrogen and oxygen atoms in total. The third kappa shape index (κ3) is 6.06. The Hall–Kier alpha value is -2.50. The number of nitrogens with zero attached hydrogens (tertiary/aromatic N) is 6. The van der Waals surface area contributed by atoms with Gasteiger partial charge < -0.3 is 9.64 Å². The first-order valence-corrected chi connectivity index (χ1v) is 16.0. The van der Waals surface area contributed by atoms with Crippen molar-refractivity contribution in [3.05, 3.63) is 42.0 Å². The van der Waals surface area contributed by atoms with Crippen LogP contribution in [0.25, 0.3) is 16.9 Å². The van der Waals surface area contributed by atoms with Crippen molar-refractivity contribution >= 4 is 27.8 Å². The molecule has 2 aromatic heterocycles. The molecule has 6 rings (SSSR count). The number of hydrogen-bond donors (Lipinski definition) is 0. The lowest BCUT2D eigenvalue weighted by molar-refractivity contribution is 0.122. The molecule has 2 saturated heterocycles. The zero-order chi connectivity index (χ0) is 27.5. The van der Waals surface area contributed by atoms with E-state index in [1.165, 1.54) is 23.8 Å². The van der Waals surface area contributed by atoms with Crippen molar-refractivity contribution < 1.29 is 17.7 Å². The highest BCUT2D eigenvalue weighted by molar-refractivity contribution is 7.82. The zero-order valence-corrected chi connectivity index (χ0v) is 23.7. The molecule has 0 bridgehead atoms. The highest BCUT2D eigenvalue weighted by Gasteiger charge is 2.31. The van der Waals surface area contributed by atoms with Crippen molar-refractivity contribution in [1.29, 1.82) is 0 Å². The van der Waals surface area contributed by atoms with E-state index in [0.29, 0.717) is 61.4 Å². The van der Waals surface area contributed by atoms with Crippen molar-refractivity contribution in [3.8, 4) is 5.82 Å². The van der Waals surface area contributed by atoms with E-state index in [1.807, 2.05) is 6.07 Å². The van der Waals surface area contributed by atoms with Crippen LogP contribution < -0.4 is 4.90 Å². The Kier molecular flexibility index (Phi) is 8.69. The molecule has 40 heavy (non-hydrogen) atoms. The highest BCUT2D eigenvalue weighted by atomic mass is 32.2. The number of benzene rings is 1. The van der Waals surface area contributed by atoms with Crippen molar-refractivity contribution in [1.82, 2.24) is 23.8 Å². The second-order valence-electron chi connectivity index (χ2n) is 11.1. The van der Waals surface area contributed by atoms with Crippen molar-refractivity contribution in [2.45, 2.75) is 70.3 Å². The SMILES string of the molecule is O=S1CCCN1C1CCC(CCCCc2nc(N3CCOCC3)cc(-n3c(C(F)F)nc4ccccc43)n2)CC1. The molecular formula is C29H38F2N6O2S. The van der Waals surface area contributed by atoms with Gasteiger partial charge in [-0.15, -0.1) is 0 Å². The Morgan fingerprint density at radius 2 is 1.75 bits per heavy atom. The van der Waals surface area contributed by atoms with E-state index >= 15 is 0 Å². The Labute approximate surface area is 236 Å². The molecule has 0 N–H and O–H groups in total. The fourth-order valence-corrected chi connectivity index (χ4v) is 7.92. The predicted octanol–water partition coefficient (Wildman–Crippen LogP) is 5.23. The summed E-state index contributed by atoms with van der Waals surface area (Å²) < 4.78 is 49.6. The summed E-state index contributed by atoms with van der Waals surface area (Å²) >= 11 is 0.